The molecule has 0 spiro atoms. The van der Waals surface area contributed by atoms with Crippen LogP contribution in [0.25, 0.3) is 0 Å². The first-order valence-corrected chi connectivity index (χ1v) is 9.99. The van der Waals surface area contributed by atoms with Crippen molar-refractivity contribution in [1.29, 1.82) is 0 Å². The number of para-hydroxylation sites is 1. The van der Waals surface area contributed by atoms with Crippen molar-refractivity contribution in [2.75, 3.05) is 18.9 Å². The smallest absolute Gasteiger partial charge is 0.243 e. The minimum absolute atomic E-state index is 0.00513. The SMILES string of the molecule is CCc1ccccc1NC(=O)CN(C)C(=O)C(C)Sc1ncccc1Br. The average molecular weight is 436 g/mol. The first kappa shape index (κ1) is 20.5. The van der Waals surface area contributed by atoms with Gasteiger partial charge in [-0.25, -0.2) is 4.98 Å². The third-order valence-corrected chi connectivity index (χ3v) is 5.80. The van der Waals surface area contributed by atoms with Gasteiger partial charge in [-0.2, -0.15) is 0 Å². The number of aryl methyl sites for hydroxylation is 1. The largest absolute Gasteiger partial charge is 0.335 e. The van der Waals surface area contributed by atoms with Crippen LogP contribution in [0.5, 0.6) is 0 Å². The summed E-state index contributed by atoms with van der Waals surface area (Å²) in [7, 11) is 1.64. The fourth-order valence-corrected chi connectivity index (χ4v) is 3.87. The normalized spacial score (nSPS) is 11.7. The zero-order chi connectivity index (χ0) is 19.1. The predicted octanol–water partition coefficient (Wildman–Crippen LogP) is 3.98. The minimum atomic E-state index is -0.345. The molecule has 2 rings (SSSR count). The summed E-state index contributed by atoms with van der Waals surface area (Å²) in [5.41, 5.74) is 1.86. The summed E-state index contributed by atoms with van der Waals surface area (Å²) in [5.74, 6) is -0.329. The zero-order valence-electron chi connectivity index (χ0n) is 15.0. The highest BCUT2D eigenvalue weighted by Gasteiger charge is 2.22. The van der Waals surface area contributed by atoms with Gasteiger partial charge in [0.15, 0.2) is 0 Å². The molecule has 2 amide bonds. The number of hydrogen-bond donors (Lipinski definition) is 1. The van der Waals surface area contributed by atoms with Gasteiger partial charge in [-0.1, -0.05) is 36.9 Å². The Bertz CT molecular complexity index is 785. The molecule has 0 bridgehead atoms. The van der Waals surface area contributed by atoms with Crippen LogP contribution in [0.3, 0.4) is 0 Å². The summed E-state index contributed by atoms with van der Waals surface area (Å²) in [5, 5.41) is 3.29. The molecule has 0 aliphatic carbocycles. The molecule has 0 fully saturated rings. The lowest BCUT2D eigenvalue weighted by molar-refractivity contribution is -0.132. The standard InChI is InChI=1S/C19H22BrN3O2S/c1-4-14-8-5-6-10-16(14)22-17(24)12-23(3)19(25)13(2)26-18-15(20)9-7-11-21-18/h5-11,13H,4,12H2,1-3H3,(H,22,24). The van der Waals surface area contributed by atoms with Crippen molar-refractivity contribution >= 4 is 45.2 Å². The van der Waals surface area contributed by atoms with E-state index in [4.69, 9.17) is 0 Å². The number of carbonyl (C=O) groups is 2. The van der Waals surface area contributed by atoms with E-state index in [0.717, 1.165) is 27.2 Å². The van der Waals surface area contributed by atoms with Crippen molar-refractivity contribution in [2.45, 2.75) is 30.5 Å². The molecular weight excluding hydrogens is 414 g/mol. The number of amides is 2. The van der Waals surface area contributed by atoms with Gasteiger partial charge in [0.05, 0.1) is 11.8 Å². The number of benzene rings is 1. The molecule has 0 saturated carbocycles. The molecular formula is C19H22BrN3O2S. The number of nitrogens with zero attached hydrogens (tertiary/aromatic N) is 2. The maximum absolute atomic E-state index is 12.6. The molecule has 1 aromatic heterocycles. The molecule has 0 radical (unpaired) electrons. The maximum Gasteiger partial charge on any atom is 0.243 e. The summed E-state index contributed by atoms with van der Waals surface area (Å²) < 4.78 is 0.848. The van der Waals surface area contributed by atoms with Gasteiger partial charge in [0, 0.05) is 23.4 Å². The summed E-state index contributed by atoms with van der Waals surface area (Å²) >= 11 is 4.79. The number of halogens is 1. The lowest BCUT2D eigenvalue weighted by atomic mass is 10.1. The quantitative estimate of drug-likeness (QED) is 0.667. The average Bonchev–Trinajstić information content (AvgIpc) is 2.63. The van der Waals surface area contributed by atoms with Crippen molar-refractivity contribution < 1.29 is 9.59 Å². The van der Waals surface area contributed by atoms with Gasteiger partial charge in [-0.15, -0.1) is 0 Å². The van der Waals surface area contributed by atoms with E-state index in [1.54, 1.807) is 13.2 Å². The van der Waals surface area contributed by atoms with Crippen molar-refractivity contribution in [1.82, 2.24) is 9.88 Å². The first-order valence-electron chi connectivity index (χ1n) is 8.32. The minimum Gasteiger partial charge on any atom is -0.335 e. The van der Waals surface area contributed by atoms with E-state index in [2.05, 4.69) is 26.2 Å². The van der Waals surface area contributed by atoms with Crippen LogP contribution in [0.1, 0.15) is 19.4 Å². The maximum atomic E-state index is 12.6. The molecule has 0 aliphatic heterocycles. The van der Waals surface area contributed by atoms with E-state index in [-0.39, 0.29) is 23.6 Å². The topological polar surface area (TPSA) is 62.3 Å². The number of thioether (sulfide) groups is 1. The Kier molecular flexibility index (Phi) is 7.66. The molecule has 26 heavy (non-hydrogen) atoms. The van der Waals surface area contributed by atoms with Gasteiger partial charge < -0.3 is 10.2 Å². The van der Waals surface area contributed by atoms with E-state index in [9.17, 15) is 9.59 Å². The fourth-order valence-electron chi connectivity index (χ4n) is 2.42. The van der Waals surface area contributed by atoms with Crippen LogP contribution in [0.15, 0.2) is 52.1 Å². The van der Waals surface area contributed by atoms with Crippen molar-refractivity contribution in [2.24, 2.45) is 0 Å². The zero-order valence-corrected chi connectivity index (χ0v) is 17.4. The molecule has 5 nitrogen and oxygen atoms in total. The van der Waals surface area contributed by atoms with Crippen molar-refractivity contribution in [3.8, 4) is 0 Å². The third kappa shape index (κ3) is 5.57. The van der Waals surface area contributed by atoms with Gasteiger partial charge in [0.25, 0.3) is 0 Å². The lowest BCUT2D eigenvalue weighted by Gasteiger charge is -2.21. The lowest BCUT2D eigenvalue weighted by Crippen LogP contribution is -2.39. The molecule has 138 valence electrons. The van der Waals surface area contributed by atoms with E-state index < -0.39 is 0 Å². The van der Waals surface area contributed by atoms with Crippen LogP contribution in [-0.2, 0) is 16.0 Å². The summed E-state index contributed by atoms with van der Waals surface area (Å²) in [6, 6.07) is 11.4. The third-order valence-electron chi connectivity index (χ3n) is 3.79. The second-order valence-corrected chi connectivity index (χ2v) is 7.99. The van der Waals surface area contributed by atoms with Gasteiger partial charge in [-0.05, 0) is 53.0 Å². The number of rotatable bonds is 7. The van der Waals surface area contributed by atoms with E-state index in [1.165, 1.54) is 16.7 Å². The van der Waals surface area contributed by atoms with Crippen LogP contribution >= 0.6 is 27.7 Å². The van der Waals surface area contributed by atoms with Crippen molar-refractivity contribution in [3.63, 3.8) is 0 Å². The number of nitrogens with one attached hydrogen (secondary N) is 1. The number of likely N-dealkylation sites (N-methyl/N-ethyl adjacent to an activating group) is 1. The second-order valence-electron chi connectivity index (χ2n) is 5.80. The molecule has 7 heteroatoms. The molecule has 1 N–H and O–H groups in total. The Morgan fingerprint density at radius 1 is 1.27 bits per heavy atom. The van der Waals surface area contributed by atoms with Crippen molar-refractivity contribution in [3.05, 3.63) is 52.6 Å². The number of aromatic nitrogens is 1. The summed E-state index contributed by atoms with van der Waals surface area (Å²) in [4.78, 5) is 30.6. The van der Waals surface area contributed by atoms with Crippen LogP contribution < -0.4 is 5.32 Å². The highest BCUT2D eigenvalue weighted by molar-refractivity contribution is 9.10. The summed E-state index contributed by atoms with van der Waals surface area (Å²) in [6.45, 7) is 3.86. The number of pyridine rings is 1. The van der Waals surface area contributed by atoms with Gasteiger partial charge in [0.1, 0.15) is 5.03 Å². The second kappa shape index (κ2) is 9.73. The van der Waals surface area contributed by atoms with Gasteiger partial charge in [-0.3, -0.25) is 9.59 Å². The molecule has 1 heterocycles. The van der Waals surface area contributed by atoms with Crippen LogP contribution in [0, 0.1) is 0 Å². The Balaban J connectivity index is 1.93. The number of anilines is 1. The fraction of sp³-hybridized carbons (Fsp3) is 0.316. The Hall–Kier alpha value is -1.86. The number of hydrogen-bond acceptors (Lipinski definition) is 4. The predicted molar refractivity (Wildman–Crippen MR) is 109 cm³/mol. The molecule has 0 aliphatic rings. The van der Waals surface area contributed by atoms with Crippen LogP contribution in [-0.4, -0.2) is 40.5 Å². The van der Waals surface area contributed by atoms with Crippen LogP contribution in [0.4, 0.5) is 5.69 Å². The molecule has 1 atom stereocenters. The van der Waals surface area contributed by atoms with E-state index in [1.807, 2.05) is 50.2 Å². The van der Waals surface area contributed by atoms with E-state index in [0.29, 0.717) is 0 Å². The van der Waals surface area contributed by atoms with E-state index >= 15 is 0 Å². The van der Waals surface area contributed by atoms with Gasteiger partial charge >= 0.3 is 0 Å². The molecule has 0 saturated heterocycles. The Morgan fingerprint density at radius 3 is 2.69 bits per heavy atom. The molecule has 1 unspecified atom stereocenters. The van der Waals surface area contributed by atoms with Gasteiger partial charge in [0.2, 0.25) is 11.8 Å². The number of carbonyl (C=O) groups excluding carboxylic acids is 2. The summed E-state index contributed by atoms with van der Waals surface area (Å²) in [6.07, 6.45) is 2.52. The van der Waals surface area contributed by atoms with Crippen LogP contribution in [0.2, 0.25) is 0 Å². The molecule has 2 aromatic rings. The molecule has 1 aromatic carbocycles. The monoisotopic (exact) mass is 435 g/mol. The first-order chi connectivity index (χ1) is 12.4. The highest BCUT2D eigenvalue weighted by atomic mass is 79.9. The highest BCUT2D eigenvalue weighted by Crippen LogP contribution is 2.28. The Morgan fingerprint density at radius 2 is 2.00 bits per heavy atom. The Labute approximate surface area is 166 Å².